The average Bonchev–Trinajstić information content (AvgIpc) is 2.47. The summed E-state index contributed by atoms with van der Waals surface area (Å²) in [5.74, 6) is 1.38. The molecule has 1 aliphatic carbocycles. The molecule has 13 heavy (non-hydrogen) atoms. The molecule has 0 bridgehead atoms. The fourth-order valence-electron chi connectivity index (χ4n) is 1.90. The predicted octanol–water partition coefficient (Wildman–Crippen LogP) is 2.17. The lowest BCUT2D eigenvalue weighted by atomic mass is 9.98. The van der Waals surface area contributed by atoms with Crippen molar-refractivity contribution in [2.24, 2.45) is 11.8 Å². The minimum Gasteiger partial charge on any atom is -0.355 e. The van der Waals surface area contributed by atoms with Crippen LogP contribution in [0.1, 0.15) is 33.1 Å². The highest BCUT2D eigenvalue weighted by atomic mass is 35.5. The van der Waals surface area contributed by atoms with Crippen LogP contribution in [-0.2, 0) is 4.79 Å². The second-order valence-electron chi connectivity index (χ2n) is 4.03. The summed E-state index contributed by atoms with van der Waals surface area (Å²) >= 11 is 5.64. The van der Waals surface area contributed by atoms with Gasteiger partial charge >= 0.3 is 0 Å². The van der Waals surface area contributed by atoms with Gasteiger partial charge in [-0.15, -0.1) is 11.6 Å². The Bertz CT molecular complexity index is 182. The number of halogens is 1. The maximum Gasteiger partial charge on any atom is 0.237 e. The van der Waals surface area contributed by atoms with E-state index in [2.05, 4.69) is 12.2 Å². The molecule has 0 radical (unpaired) electrons. The lowest BCUT2D eigenvalue weighted by Crippen LogP contribution is -2.34. The smallest absolute Gasteiger partial charge is 0.237 e. The highest BCUT2D eigenvalue weighted by Crippen LogP contribution is 2.30. The van der Waals surface area contributed by atoms with Crippen LogP contribution in [-0.4, -0.2) is 17.8 Å². The van der Waals surface area contributed by atoms with Crippen molar-refractivity contribution < 1.29 is 4.79 Å². The third-order valence-corrected chi connectivity index (χ3v) is 3.14. The summed E-state index contributed by atoms with van der Waals surface area (Å²) in [4.78, 5) is 11.2. The van der Waals surface area contributed by atoms with Crippen molar-refractivity contribution in [2.75, 3.05) is 6.54 Å². The molecular weight excluding hydrogens is 186 g/mol. The molecule has 0 aliphatic heterocycles. The molecule has 3 unspecified atom stereocenters. The molecule has 3 atom stereocenters. The van der Waals surface area contributed by atoms with Gasteiger partial charge in [0.2, 0.25) is 5.91 Å². The van der Waals surface area contributed by atoms with Crippen LogP contribution in [0.25, 0.3) is 0 Å². The first-order chi connectivity index (χ1) is 6.11. The Morgan fingerprint density at radius 1 is 1.62 bits per heavy atom. The number of hydrogen-bond acceptors (Lipinski definition) is 1. The molecular formula is C10H18ClNO. The second-order valence-corrected chi connectivity index (χ2v) is 4.68. The summed E-state index contributed by atoms with van der Waals surface area (Å²) in [7, 11) is 0. The van der Waals surface area contributed by atoms with Gasteiger partial charge in [0.15, 0.2) is 0 Å². The molecule has 0 aromatic heterocycles. The largest absolute Gasteiger partial charge is 0.355 e. The van der Waals surface area contributed by atoms with Gasteiger partial charge in [0.05, 0.1) is 0 Å². The summed E-state index contributed by atoms with van der Waals surface area (Å²) < 4.78 is 0. The summed E-state index contributed by atoms with van der Waals surface area (Å²) in [5.41, 5.74) is 0. The summed E-state index contributed by atoms with van der Waals surface area (Å²) in [5, 5.41) is 2.48. The zero-order valence-electron chi connectivity index (χ0n) is 8.35. The Morgan fingerprint density at radius 3 is 2.77 bits per heavy atom. The number of carbonyl (C=O) groups is 1. The zero-order valence-corrected chi connectivity index (χ0v) is 9.10. The fraction of sp³-hybridized carbons (Fsp3) is 0.900. The SMILES string of the molecule is CC(Cl)C(=O)NCC1CCCC1C. The van der Waals surface area contributed by atoms with Crippen molar-refractivity contribution in [2.45, 2.75) is 38.5 Å². The van der Waals surface area contributed by atoms with Crippen molar-refractivity contribution >= 4 is 17.5 Å². The van der Waals surface area contributed by atoms with Crippen LogP contribution in [0, 0.1) is 11.8 Å². The third kappa shape index (κ3) is 3.18. The quantitative estimate of drug-likeness (QED) is 0.700. The Kier molecular flexibility index (Phi) is 4.04. The van der Waals surface area contributed by atoms with Crippen LogP contribution < -0.4 is 5.32 Å². The Morgan fingerprint density at radius 2 is 2.31 bits per heavy atom. The topological polar surface area (TPSA) is 29.1 Å². The zero-order chi connectivity index (χ0) is 9.84. The second kappa shape index (κ2) is 4.85. The molecule has 0 aromatic rings. The molecule has 76 valence electrons. The van der Waals surface area contributed by atoms with Gasteiger partial charge in [-0.05, 0) is 25.2 Å². The standard InChI is InChI=1S/C10H18ClNO/c1-7-4-3-5-9(7)6-12-10(13)8(2)11/h7-9H,3-6H2,1-2H3,(H,12,13). The minimum atomic E-state index is -0.406. The normalized spacial score (nSPS) is 30.1. The molecule has 1 amide bonds. The molecule has 1 fully saturated rings. The van der Waals surface area contributed by atoms with Crippen LogP contribution in [0.5, 0.6) is 0 Å². The predicted molar refractivity (Wildman–Crippen MR) is 54.8 cm³/mol. The maximum atomic E-state index is 11.2. The van der Waals surface area contributed by atoms with Crippen LogP contribution in [0.15, 0.2) is 0 Å². The molecule has 0 saturated heterocycles. The van der Waals surface area contributed by atoms with Gasteiger partial charge in [-0.1, -0.05) is 19.8 Å². The van der Waals surface area contributed by atoms with E-state index in [4.69, 9.17) is 11.6 Å². The van der Waals surface area contributed by atoms with Crippen LogP contribution in [0.4, 0.5) is 0 Å². The summed E-state index contributed by atoms with van der Waals surface area (Å²) in [6.45, 7) is 4.76. The molecule has 1 saturated carbocycles. The molecule has 1 N–H and O–H groups in total. The number of amides is 1. The number of rotatable bonds is 3. The van der Waals surface area contributed by atoms with Crippen LogP contribution in [0.3, 0.4) is 0 Å². The van der Waals surface area contributed by atoms with E-state index < -0.39 is 5.38 Å². The van der Waals surface area contributed by atoms with Gasteiger partial charge in [0, 0.05) is 6.54 Å². The minimum absolute atomic E-state index is 0.0410. The summed E-state index contributed by atoms with van der Waals surface area (Å²) in [6.07, 6.45) is 3.85. The van der Waals surface area contributed by atoms with E-state index in [9.17, 15) is 4.79 Å². The van der Waals surface area contributed by atoms with Gasteiger partial charge in [-0.25, -0.2) is 0 Å². The maximum absolute atomic E-state index is 11.2. The lowest BCUT2D eigenvalue weighted by molar-refractivity contribution is -0.120. The molecule has 3 heteroatoms. The first kappa shape index (κ1) is 10.8. The molecule has 0 heterocycles. The van der Waals surface area contributed by atoms with E-state index in [0.29, 0.717) is 5.92 Å². The van der Waals surface area contributed by atoms with Gasteiger partial charge in [0.1, 0.15) is 5.38 Å². The molecule has 1 rings (SSSR count). The Hall–Kier alpha value is -0.240. The van der Waals surface area contributed by atoms with Gasteiger partial charge in [0.25, 0.3) is 0 Å². The number of nitrogens with one attached hydrogen (secondary N) is 1. The van der Waals surface area contributed by atoms with E-state index in [1.807, 2.05) is 0 Å². The highest BCUT2D eigenvalue weighted by Gasteiger charge is 2.23. The van der Waals surface area contributed by atoms with Crippen LogP contribution >= 0.6 is 11.6 Å². The van der Waals surface area contributed by atoms with E-state index >= 15 is 0 Å². The molecule has 2 nitrogen and oxygen atoms in total. The van der Waals surface area contributed by atoms with Gasteiger partial charge < -0.3 is 5.32 Å². The van der Waals surface area contributed by atoms with Crippen molar-refractivity contribution in [1.29, 1.82) is 0 Å². The number of carbonyl (C=O) groups excluding carboxylic acids is 1. The first-order valence-corrected chi connectivity index (χ1v) is 5.46. The van der Waals surface area contributed by atoms with Crippen molar-refractivity contribution in [1.82, 2.24) is 5.32 Å². The molecule has 0 aromatic carbocycles. The Labute approximate surface area is 85.0 Å². The lowest BCUT2D eigenvalue weighted by Gasteiger charge is -2.16. The van der Waals surface area contributed by atoms with E-state index in [-0.39, 0.29) is 5.91 Å². The highest BCUT2D eigenvalue weighted by molar-refractivity contribution is 6.30. The average molecular weight is 204 g/mol. The van der Waals surface area contributed by atoms with E-state index in [1.165, 1.54) is 19.3 Å². The monoisotopic (exact) mass is 203 g/mol. The summed E-state index contributed by atoms with van der Waals surface area (Å²) in [6, 6.07) is 0. The third-order valence-electron chi connectivity index (χ3n) is 2.94. The van der Waals surface area contributed by atoms with Crippen molar-refractivity contribution in [3.63, 3.8) is 0 Å². The van der Waals surface area contributed by atoms with Gasteiger partial charge in [-0.3, -0.25) is 4.79 Å². The first-order valence-electron chi connectivity index (χ1n) is 5.03. The number of hydrogen-bond donors (Lipinski definition) is 1. The van der Waals surface area contributed by atoms with Crippen molar-refractivity contribution in [3.8, 4) is 0 Å². The van der Waals surface area contributed by atoms with E-state index in [0.717, 1.165) is 12.5 Å². The van der Waals surface area contributed by atoms with E-state index in [1.54, 1.807) is 6.92 Å². The van der Waals surface area contributed by atoms with Gasteiger partial charge in [-0.2, -0.15) is 0 Å². The number of alkyl halides is 1. The van der Waals surface area contributed by atoms with Crippen LogP contribution in [0.2, 0.25) is 0 Å². The fourth-order valence-corrected chi connectivity index (χ4v) is 1.97. The molecule has 1 aliphatic rings. The van der Waals surface area contributed by atoms with Crippen molar-refractivity contribution in [3.05, 3.63) is 0 Å². The Balaban J connectivity index is 2.22. The molecule has 0 spiro atoms.